The van der Waals surface area contributed by atoms with Crippen LogP contribution in [0.5, 0.6) is 5.75 Å². The fourth-order valence-corrected chi connectivity index (χ4v) is 1.99. The highest BCUT2D eigenvalue weighted by Crippen LogP contribution is 2.25. The minimum atomic E-state index is 0.707. The Kier molecular flexibility index (Phi) is 2.29. The molecule has 6 heteroatoms. The molecule has 0 atom stereocenters. The summed E-state index contributed by atoms with van der Waals surface area (Å²) in [5.41, 5.74) is 0.796. The van der Waals surface area contributed by atoms with Crippen molar-refractivity contribution in [3.05, 3.63) is 36.9 Å². The molecule has 0 radical (unpaired) electrons. The average molecular weight is 246 g/mol. The Morgan fingerprint density at radius 2 is 2.29 bits per heavy atom. The summed E-state index contributed by atoms with van der Waals surface area (Å²) < 4.78 is 8.87. The Hall–Kier alpha value is -1.95. The number of fused-ring (bicyclic) bond motifs is 1. The lowest BCUT2D eigenvalue weighted by atomic mass is 10.4. The van der Waals surface area contributed by atoms with Crippen LogP contribution in [0.15, 0.2) is 41.8 Å². The van der Waals surface area contributed by atoms with Crippen LogP contribution >= 0.6 is 12.6 Å². The van der Waals surface area contributed by atoms with Crippen LogP contribution in [0.3, 0.4) is 0 Å². The summed E-state index contributed by atoms with van der Waals surface area (Å²) in [7, 11) is 1.61. The van der Waals surface area contributed by atoms with Gasteiger partial charge in [0, 0.05) is 24.7 Å². The van der Waals surface area contributed by atoms with Crippen molar-refractivity contribution < 1.29 is 4.74 Å². The molecule has 3 heterocycles. The molecule has 0 spiro atoms. The van der Waals surface area contributed by atoms with Crippen molar-refractivity contribution in [3.63, 3.8) is 0 Å². The van der Waals surface area contributed by atoms with E-state index in [0.29, 0.717) is 5.75 Å². The number of hydrogen-bond acceptors (Lipinski definition) is 4. The van der Waals surface area contributed by atoms with Crippen LogP contribution in [0.4, 0.5) is 0 Å². The van der Waals surface area contributed by atoms with Gasteiger partial charge in [-0.15, -0.1) is 12.6 Å². The van der Waals surface area contributed by atoms with Crippen molar-refractivity contribution in [1.82, 2.24) is 19.2 Å². The zero-order valence-corrected chi connectivity index (χ0v) is 10.0. The van der Waals surface area contributed by atoms with E-state index < -0.39 is 0 Å². The lowest BCUT2D eigenvalue weighted by Crippen LogP contribution is -1.99. The van der Waals surface area contributed by atoms with Crippen molar-refractivity contribution in [2.75, 3.05) is 7.11 Å². The maximum Gasteiger partial charge on any atom is 0.158 e. The molecule has 17 heavy (non-hydrogen) atoms. The summed E-state index contributed by atoms with van der Waals surface area (Å²) in [6.45, 7) is 0. The molecule has 0 saturated heterocycles. The summed E-state index contributed by atoms with van der Waals surface area (Å²) >= 11 is 4.37. The number of aromatic nitrogens is 4. The van der Waals surface area contributed by atoms with Crippen LogP contribution in [0.25, 0.3) is 11.5 Å². The van der Waals surface area contributed by atoms with Crippen LogP contribution in [0, 0.1) is 0 Å². The molecular weight excluding hydrogens is 236 g/mol. The number of thiol groups is 1. The molecule has 0 aromatic carbocycles. The molecule has 86 valence electrons. The maximum absolute atomic E-state index is 5.20. The lowest BCUT2D eigenvalue weighted by molar-refractivity contribution is 0.404. The van der Waals surface area contributed by atoms with E-state index in [1.807, 2.05) is 28.9 Å². The van der Waals surface area contributed by atoms with Crippen LogP contribution in [0.2, 0.25) is 0 Å². The highest BCUT2D eigenvalue weighted by molar-refractivity contribution is 7.80. The fraction of sp³-hybridized carbons (Fsp3) is 0.0909. The first kappa shape index (κ1) is 10.2. The van der Waals surface area contributed by atoms with Gasteiger partial charge in [-0.3, -0.25) is 4.40 Å². The topological polar surface area (TPSA) is 44.3 Å². The highest BCUT2D eigenvalue weighted by Gasteiger charge is 2.08. The van der Waals surface area contributed by atoms with Crippen molar-refractivity contribution in [2.45, 2.75) is 4.90 Å². The molecular formula is C11H10N4OS. The first-order chi connectivity index (χ1) is 8.29. The Labute approximate surface area is 103 Å². The molecule has 0 aliphatic heterocycles. The second-order valence-corrected chi connectivity index (χ2v) is 4.00. The first-order valence-electron chi connectivity index (χ1n) is 5.03. The first-order valence-corrected chi connectivity index (χ1v) is 5.48. The number of pyridine rings is 1. The maximum atomic E-state index is 5.20. The molecule has 0 bridgehead atoms. The van der Waals surface area contributed by atoms with Gasteiger partial charge in [-0.2, -0.15) is 5.10 Å². The predicted octanol–water partition coefficient (Wildman–Crippen LogP) is 1.82. The molecule has 3 rings (SSSR count). The van der Waals surface area contributed by atoms with Gasteiger partial charge in [0.05, 0.1) is 18.2 Å². The zero-order valence-electron chi connectivity index (χ0n) is 9.11. The third-order valence-corrected chi connectivity index (χ3v) is 2.86. The van der Waals surface area contributed by atoms with Gasteiger partial charge in [0.2, 0.25) is 0 Å². The van der Waals surface area contributed by atoms with Crippen LogP contribution in [-0.4, -0.2) is 26.3 Å². The third-order valence-electron chi connectivity index (χ3n) is 2.53. The molecule has 5 nitrogen and oxygen atoms in total. The van der Waals surface area contributed by atoms with E-state index in [-0.39, 0.29) is 0 Å². The summed E-state index contributed by atoms with van der Waals surface area (Å²) in [5.74, 6) is 1.57. The van der Waals surface area contributed by atoms with Crippen LogP contribution in [0.1, 0.15) is 0 Å². The van der Waals surface area contributed by atoms with Crippen molar-refractivity contribution in [1.29, 1.82) is 0 Å². The number of nitrogens with zero attached hydrogens (tertiary/aromatic N) is 4. The minimum Gasteiger partial charge on any atom is -0.495 e. The number of methoxy groups -OCH3 is 1. The summed E-state index contributed by atoms with van der Waals surface area (Å²) in [4.78, 5) is 5.07. The molecule has 0 amide bonds. The van der Waals surface area contributed by atoms with Gasteiger partial charge in [0.15, 0.2) is 5.82 Å². The van der Waals surface area contributed by atoms with E-state index in [4.69, 9.17) is 4.74 Å². The highest BCUT2D eigenvalue weighted by atomic mass is 32.1. The van der Waals surface area contributed by atoms with Gasteiger partial charge in [0.25, 0.3) is 0 Å². The van der Waals surface area contributed by atoms with Gasteiger partial charge in [-0.1, -0.05) is 0 Å². The van der Waals surface area contributed by atoms with E-state index in [0.717, 1.165) is 16.4 Å². The van der Waals surface area contributed by atoms with Crippen LogP contribution < -0.4 is 4.74 Å². The monoisotopic (exact) mass is 246 g/mol. The van der Waals surface area contributed by atoms with E-state index in [1.165, 1.54) is 0 Å². The van der Waals surface area contributed by atoms with Crippen molar-refractivity contribution in [2.24, 2.45) is 0 Å². The predicted molar refractivity (Wildman–Crippen MR) is 66.1 cm³/mol. The molecule has 0 fully saturated rings. The second kappa shape index (κ2) is 3.81. The molecule has 0 saturated carbocycles. The fourth-order valence-electron chi connectivity index (χ4n) is 1.72. The summed E-state index contributed by atoms with van der Waals surface area (Å²) in [6.07, 6.45) is 7.21. The molecule has 3 aromatic rings. The van der Waals surface area contributed by atoms with Gasteiger partial charge < -0.3 is 4.74 Å². The number of imidazole rings is 1. The molecule has 0 aliphatic carbocycles. The Morgan fingerprint density at radius 1 is 1.41 bits per heavy atom. The average Bonchev–Trinajstić information content (AvgIpc) is 2.95. The van der Waals surface area contributed by atoms with Gasteiger partial charge >= 0.3 is 0 Å². The quantitative estimate of drug-likeness (QED) is 0.701. The van der Waals surface area contributed by atoms with E-state index in [1.54, 1.807) is 24.2 Å². The summed E-state index contributed by atoms with van der Waals surface area (Å²) in [6, 6.07) is 3.71. The standard InChI is InChI=1S/C11H10N4OS/c1-16-8-5-10-12-6-11(14(10)7-9(8)17)15-4-2-3-13-15/h2-7,17H,1H3. The third kappa shape index (κ3) is 1.57. The van der Waals surface area contributed by atoms with E-state index >= 15 is 0 Å². The largest absolute Gasteiger partial charge is 0.495 e. The lowest BCUT2D eigenvalue weighted by Gasteiger charge is -2.06. The smallest absolute Gasteiger partial charge is 0.158 e. The molecule has 0 aliphatic rings. The van der Waals surface area contributed by atoms with Crippen molar-refractivity contribution in [3.8, 4) is 11.6 Å². The molecule has 0 N–H and O–H groups in total. The van der Waals surface area contributed by atoms with E-state index in [2.05, 4.69) is 22.7 Å². The SMILES string of the molecule is COc1cc2ncc(-n3cccn3)n2cc1S. The normalized spacial score (nSPS) is 10.9. The Balaban J connectivity index is 2.26. The summed E-state index contributed by atoms with van der Waals surface area (Å²) in [5, 5.41) is 4.18. The number of hydrogen-bond donors (Lipinski definition) is 1. The van der Waals surface area contributed by atoms with Gasteiger partial charge in [0.1, 0.15) is 11.4 Å². The zero-order chi connectivity index (χ0) is 11.8. The van der Waals surface area contributed by atoms with Crippen molar-refractivity contribution >= 4 is 18.3 Å². The number of ether oxygens (including phenoxy) is 1. The minimum absolute atomic E-state index is 0.707. The van der Waals surface area contributed by atoms with E-state index in [9.17, 15) is 0 Å². The van der Waals surface area contributed by atoms with Gasteiger partial charge in [-0.25, -0.2) is 9.67 Å². The Morgan fingerprint density at radius 3 is 3.00 bits per heavy atom. The molecule has 3 aromatic heterocycles. The van der Waals surface area contributed by atoms with Gasteiger partial charge in [-0.05, 0) is 6.07 Å². The second-order valence-electron chi connectivity index (χ2n) is 3.52. The molecule has 0 unspecified atom stereocenters. The number of rotatable bonds is 2. The Bertz CT molecular complexity index is 659. The van der Waals surface area contributed by atoms with Crippen LogP contribution in [-0.2, 0) is 0 Å².